The lowest BCUT2D eigenvalue weighted by Gasteiger charge is -2.12. The van der Waals surface area contributed by atoms with Crippen LogP contribution in [0.1, 0.15) is 29.3 Å². The number of thioether (sulfide) groups is 1. The number of carbonyl (C=O) groups is 1. The second kappa shape index (κ2) is 7.60. The van der Waals surface area contributed by atoms with Gasteiger partial charge in [0, 0.05) is 11.9 Å². The van der Waals surface area contributed by atoms with Crippen LogP contribution in [0.25, 0.3) is 5.57 Å². The zero-order valence-corrected chi connectivity index (χ0v) is 17.0. The van der Waals surface area contributed by atoms with Crippen LogP contribution in [0.5, 0.6) is 0 Å². The van der Waals surface area contributed by atoms with Gasteiger partial charge in [0.2, 0.25) is 5.13 Å². The first-order valence-corrected chi connectivity index (χ1v) is 10.00. The average Bonchev–Trinajstić information content (AvgIpc) is 3.15. The lowest BCUT2D eigenvalue weighted by Crippen LogP contribution is -2.29. The van der Waals surface area contributed by atoms with Crippen molar-refractivity contribution in [1.82, 2.24) is 9.88 Å². The minimum absolute atomic E-state index is 0.0299. The van der Waals surface area contributed by atoms with E-state index < -0.39 is 0 Å². The molecule has 0 N–H and O–H groups in total. The van der Waals surface area contributed by atoms with Crippen LogP contribution in [0.3, 0.4) is 0 Å². The van der Waals surface area contributed by atoms with Crippen molar-refractivity contribution in [2.45, 2.75) is 27.7 Å². The number of carbonyl (C=O) groups excluding carboxylic acids is 1. The molecule has 26 heavy (non-hydrogen) atoms. The molecule has 2 aromatic rings. The van der Waals surface area contributed by atoms with Crippen LogP contribution in [0, 0.1) is 20.8 Å². The topological polar surface area (TPSA) is 45.6 Å². The van der Waals surface area contributed by atoms with Gasteiger partial charge in [-0.1, -0.05) is 24.3 Å². The zero-order chi connectivity index (χ0) is 18.8. The van der Waals surface area contributed by atoms with Crippen molar-refractivity contribution in [2.24, 2.45) is 4.99 Å². The summed E-state index contributed by atoms with van der Waals surface area (Å²) in [5.74, 6) is -0.0299. The highest BCUT2D eigenvalue weighted by Crippen LogP contribution is 2.38. The van der Waals surface area contributed by atoms with Gasteiger partial charge in [0.15, 0.2) is 5.17 Å². The SMILES string of the molecule is C=CCN1C(=O)/C(=C(\C)c2ccc(C)c(C)c2)S/C1=N/c1nc(C)cs1. The highest BCUT2D eigenvalue weighted by molar-refractivity contribution is 8.18. The number of thiazole rings is 1. The molecule has 1 aromatic heterocycles. The maximum Gasteiger partial charge on any atom is 0.267 e. The third-order valence-corrected chi connectivity index (χ3v) is 6.29. The summed E-state index contributed by atoms with van der Waals surface area (Å²) < 4.78 is 0. The van der Waals surface area contributed by atoms with E-state index in [1.54, 1.807) is 11.0 Å². The van der Waals surface area contributed by atoms with Crippen molar-refractivity contribution >= 4 is 44.9 Å². The van der Waals surface area contributed by atoms with E-state index in [2.05, 4.69) is 48.6 Å². The fraction of sp³-hybridized carbons (Fsp3) is 0.250. The normalized spacial score (nSPS) is 17.9. The van der Waals surface area contributed by atoms with E-state index >= 15 is 0 Å². The monoisotopic (exact) mass is 383 g/mol. The second-order valence-corrected chi connectivity index (χ2v) is 8.04. The molecule has 0 saturated carbocycles. The Bertz CT molecular complexity index is 940. The Morgan fingerprint density at radius 2 is 2.08 bits per heavy atom. The molecule has 1 aliphatic heterocycles. The number of hydrogen-bond acceptors (Lipinski definition) is 5. The molecule has 0 unspecified atom stereocenters. The first-order chi connectivity index (χ1) is 12.4. The molecule has 1 amide bonds. The molecule has 3 rings (SSSR count). The maximum atomic E-state index is 13.0. The molecule has 134 valence electrons. The van der Waals surface area contributed by atoms with E-state index in [0.29, 0.717) is 21.7 Å². The summed E-state index contributed by atoms with van der Waals surface area (Å²) in [5, 5.41) is 3.27. The smallest absolute Gasteiger partial charge is 0.267 e. The molecule has 4 nitrogen and oxygen atoms in total. The number of amidine groups is 1. The standard InChI is InChI=1S/C20H21N3OS2/c1-6-9-23-18(24)17(15(5)16-8-7-12(2)13(3)10-16)26-20(23)22-19-21-14(4)11-25-19/h6-8,10-11H,1,9H2,2-5H3/b17-15-,22-20+. The summed E-state index contributed by atoms with van der Waals surface area (Å²) in [5.41, 5.74) is 5.42. The van der Waals surface area contributed by atoms with Gasteiger partial charge in [0.25, 0.3) is 5.91 Å². The molecule has 0 atom stereocenters. The van der Waals surface area contributed by atoms with Gasteiger partial charge in [-0.05, 0) is 61.7 Å². The van der Waals surface area contributed by atoms with Crippen LogP contribution < -0.4 is 0 Å². The number of benzene rings is 1. The Hall–Kier alpha value is -2.18. The van der Waals surface area contributed by atoms with Gasteiger partial charge in [-0.25, -0.2) is 4.98 Å². The number of aliphatic imine (C=N–C) groups is 1. The van der Waals surface area contributed by atoms with Crippen LogP contribution in [-0.2, 0) is 4.79 Å². The minimum Gasteiger partial charge on any atom is -0.282 e. The van der Waals surface area contributed by atoms with Crippen molar-refractivity contribution in [3.05, 3.63) is 63.5 Å². The highest BCUT2D eigenvalue weighted by atomic mass is 32.2. The van der Waals surface area contributed by atoms with Crippen LogP contribution in [-0.4, -0.2) is 27.5 Å². The third-order valence-electron chi connectivity index (χ3n) is 4.25. The summed E-state index contributed by atoms with van der Waals surface area (Å²) in [7, 11) is 0. The molecular formula is C20H21N3OS2. The summed E-state index contributed by atoms with van der Waals surface area (Å²) >= 11 is 2.88. The lowest BCUT2D eigenvalue weighted by atomic mass is 10.0. The largest absolute Gasteiger partial charge is 0.282 e. The summed E-state index contributed by atoms with van der Waals surface area (Å²) in [6.07, 6.45) is 1.72. The fourth-order valence-electron chi connectivity index (χ4n) is 2.59. The number of allylic oxidation sites excluding steroid dienone is 1. The van der Waals surface area contributed by atoms with E-state index in [1.807, 2.05) is 19.2 Å². The minimum atomic E-state index is -0.0299. The molecule has 1 saturated heterocycles. The Balaban J connectivity index is 2.02. The molecule has 1 aliphatic rings. The van der Waals surface area contributed by atoms with Crippen molar-refractivity contribution in [2.75, 3.05) is 6.54 Å². The van der Waals surface area contributed by atoms with Gasteiger partial charge >= 0.3 is 0 Å². The van der Waals surface area contributed by atoms with E-state index in [-0.39, 0.29) is 5.91 Å². The molecule has 0 aliphatic carbocycles. The van der Waals surface area contributed by atoms with Gasteiger partial charge in [0.1, 0.15) is 0 Å². The van der Waals surface area contributed by atoms with Crippen molar-refractivity contribution in [1.29, 1.82) is 0 Å². The molecule has 0 bridgehead atoms. The van der Waals surface area contributed by atoms with E-state index in [1.165, 1.54) is 34.2 Å². The first kappa shape index (κ1) is 18.6. The van der Waals surface area contributed by atoms with Crippen molar-refractivity contribution in [3.8, 4) is 0 Å². The Kier molecular flexibility index (Phi) is 5.44. The molecular weight excluding hydrogens is 362 g/mol. The number of aromatic nitrogens is 1. The number of amides is 1. The molecule has 1 aromatic carbocycles. The van der Waals surface area contributed by atoms with Gasteiger partial charge in [-0.15, -0.1) is 17.9 Å². The third kappa shape index (κ3) is 3.66. The second-order valence-electron chi connectivity index (χ2n) is 6.23. The lowest BCUT2D eigenvalue weighted by molar-refractivity contribution is -0.121. The Labute approximate surface area is 162 Å². The van der Waals surface area contributed by atoms with E-state index in [9.17, 15) is 4.79 Å². The molecule has 1 fully saturated rings. The zero-order valence-electron chi connectivity index (χ0n) is 15.4. The summed E-state index contributed by atoms with van der Waals surface area (Å²) in [6.45, 7) is 12.3. The predicted molar refractivity (Wildman–Crippen MR) is 112 cm³/mol. The highest BCUT2D eigenvalue weighted by Gasteiger charge is 2.34. The quantitative estimate of drug-likeness (QED) is 0.535. The van der Waals surface area contributed by atoms with Gasteiger partial charge in [-0.2, -0.15) is 4.99 Å². The van der Waals surface area contributed by atoms with Crippen LogP contribution in [0.15, 0.2) is 46.1 Å². The van der Waals surface area contributed by atoms with Crippen LogP contribution in [0.4, 0.5) is 5.13 Å². The number of aryl methyl sites for hydroxylation is 3. The number of rotatable bonds is 4. The average molecular weight is 384 g/mol. The molecule has 0 spiro atoms. The first-order valence-electron chi connectivity index (χ1n) is 8.30. The fourth-order valence-corrected chi connectivity index (χ4v) is 4.36. The number of hydrogen-bond donors (Lipinski definition) is 0. The predicted octanol–water partition coefficient (Wildman–Crippen LogP) is 5.25. The number of nitrogens with zero attached hydrogens (tertiary/aromatic N) is 3. The van der Waals surface area contributed by atoms with E-state index in [0.717, 1.165) is 16.8 Å². The maximum absolute atomic E-state index is 13.0. The molecule has 0 radical (unpaired) electrons. The Morgan fingerprint density at radius 1 is 1.31 bits per heavy atom. The van der Waals surface area contributed by atoms with E-state index in [4.69, 9.17) is 0 Å². The summed E-state index contributed by atoms with van der Waals surface area (Å²) in [6, 6.07) is 6.28. The van der Waals surface area contributed by atoms with Crippen LogP contribution in [0.2, 0.25) is 0 Å². The summed E-state index contributed by atoms with van der Waals surface area (Å²) in [4.78, 5) is 24.3. The molecule has 6 heteroatoms. The van der Waals surface area contributed by atoms with Crippen molar-refractivity contribution in [3.63, 3.8) is 0 Å². The molecule has 2 heterocycles. The van der Waals surface area contributed by atoms with Crippen LogP contribution >= 0.6 is 23.1 Å². The van der Waals surface area contributed by atoms with Gasteiger partial charge in [-0.3, -0.25) is 9.69 Å². The van der Waals surface area contributed by atoms with Gasteiger partial charge in [0.05, 0.1) is 10.6 Å². The van der Waals surface area contributed by atoms with Gasteiger partial charge < -0.3 is 0 Å². The Morgan fingerprint density at radius 3 is 2.69 bits per heavy atom. The van der Waals surface area contributed by atoms with Crippen molar-refractivity contribution < 1.29 is 4.79 Å².